The molecule has 1 atom stereocenters. The number of nitrogens with one attached hydrogen (secondary N) is 3. The SMILES string of the molecule is CNCCCC(NC(=O)c1cc2c(cc1Cl)CNCC2)C(=O)O.CO.O=Cc1ccc2ccoc2c1. The summed E-state index contributed by atoms with van der Waals surface area (Å²) in [6, 6.07) is 9.87. The molecule has 0 saturated carbocycles. The average Bonchev–Trinajstić information content (AvgIpc) is 3.37. The molecule has 1 aliphatic heterocycles. The van der Waals surface area contributed by atoms with Gasteiger partial charge in [0.05, 0.1) is 16.8 Å². The predicted molar refractivity (Wildman–Crippen MR) is 139 cm³/mol. The molecule has 0 spiro atoms. The van der Waals surface area contributed by atoms with E-state index in [2.05, 4.69) is 16.0 Å². The van der Waals surface area contributed by atoms with Gasteiger partial charge in [-0.25, -0.2) is 4.79 Å². The molecule has 3 aromatic rings. The fraction of sp³-hybridized carbons (Fsp3) is 0.346. The zero-order valence-corrected chi connectivity index (χ0v) is 21.1. The highest BCUT2D eigenvalue weighted by molar-refractivity contribution is 6.34. The Labute approximate surface area is 214 Å². The lowest BCUT2D eigenvalue weighted by molar-refractivity contribution is -0.139. The number of amides is 1. The third kappa shape index (κ3) is 8.17. The molecule has 2 aromatic carbocycles. The van der Waals surface area contributed by atoms with Gasteiger partial charge in [0.25, 0.3) is 5.91 Å². The van der Waals surface area contributed by atoms with E-state index in [0.29, 0.717) is 35.5 Å². The predicted octanol–water partition coefficient (Wildman–Crippen LogP) is 3.02. The summed E-state index contributed by atoms with van der Waals surface area (Å²) in [5.41, 5.74) is 3.91. The number of aliphatic hydroxyl groups excluding tert-OH is 1. The summed E-state index contributed by atoms with van der Waals surface area (Å²) in [7, 11) is 2.80. The van der Waals surface area contributed by atoms with E-state index in [0.717, 1.165) is 55.0 Å². The van der Waals surface area contributed by atoms with Crippen molar-refractivity contribution in [2.45, 2.75) is 31.8 Å². The molecule has 0 bridgehead atoms. The molecule has 36 heavy (non-hydrogen) atoms. The van der Waals surface area contributed by atoms with Crippen molar-refractivity contribution in [1.82, 2.24) is 16.0 Å². The van der Waals surface area contributed by atoms with Crippen LogP contribution in [0.2, 0.25) is 5.02 Å². The van der Waals surface area contributed by atoms with Crippen LogP contribution in [0.4, 0.5) is 0 Å². The molecule has 5 N–H and O–H groups in total. The number of benzene rings is 2. The maximum atomic E-state index is 12.4. The minimum absolute atomic E-state index is 0.340. The van der Waals surface area contributed by atoms with Crippen molar-refractivity contribution in [3.63, 3.8) is 0 Å². The summed E-state index contributed by atoms with van der Waals surface area (Å²) in [6.45, 7) is 2.29. The molecule has 0 radical (unpaired) electrons. The average molecular weight is 518 g/mol. The van der Waals surface area contributed by atoms with Crippen LogP contribution in [0.15, 0.2) is 47.1 Å². The van der Waals surface area contributed by atoms with E-state index in [1.54, 1.807) is 37.6 Å². The number of hydrogen-bond donors (Lipinski definition) is 5. The second kappa shape index (κ2) is 15.0. The van der Waals surface area contributed by atoms with Gasteiger partial charge < -0.3 is 30.6 Å². The molecule has 2 heterocycles. The van der Waals surface area contributed by atoms with Crippen LogP contribution in [0.5, 0.6) is 0 Å². The third-order valence-electron chi connectivity index (χ3n) is 5.56. The number of carboxylic acid groups (broad SMARTS) is 1. The molecule has 1 aliphatic rings. The first-order valence-corrected chi connectivity index (χ1v) is 11.9. The van der Waals surface area contributed by atoms with Crippen molar-refractivity contribution in [2.75, 3.05) is 27.2 Å². The van der Waals surface area contributed by atoms with Gasteiger partial charge in [-0.15, -0.1) is 0 Å². The minimum atomic E-state index is -1.03. The second-order valence-electron chi connectivity index (χ2n) is 7.97. The summed E-state index contributed by atoms with van der Waals surface area (Å²) in [6.07, 6.45) is 4.28. The molecule has 0 fully saturated rings. The van der Waals surface area contributed by atoms with Crippen LogP contribution >= 0.6 is 11.6 Å². The summed E-state index contributed by atoms with van der Waals surface area (Å²) in [5.74, 6) is -1.47. The van der Waals surface area contributed by atoms with Gasteiger partial charge in [-0.3, -0.25) is 9.59 Å². The molecule has 10 heteroatoms. The molecule has 1 amide bonds. The second-order valence-corrected chi connectivity index (χ2v) is 8.38. The molecule has 1 unspecified atom stereocenters. The van der Waals surface area contributed by atoms with Gasteiger partial charge >= 0.3 is 5.97 Å². The Morgan fingerprint density at radius 1 is 1.19 bits per heavy atom. The van der Waals surface area contributed by atoms with E-state index in [1.165, 1.54) is 0 Å². The minimum Gasteiger partial charge on any atom is -0.480 e. The highest BCUT2D eigenvalue weighted by Crippen LogP contribution is 2.24. The maximum absolute atomic E-state index is 12.4. The Morgan fingerprint density at radius 2 is 1.97 bits per heavy atom. The molecule has 194 valence electrons. The van der Waals surface area contributed by atoms with Gasteiger partial charge in [-0.2, -0.15) is 0 Å². The fourth-order valence-corrected chi connectivity index (χ4v) is 3.97. The van der Waals surface area contributed by atoms with Gasteiger partial charge in [0, 0.05) is 24.6 Å². The smallest absolute Gasteiger partial charge is 0.326 e. The standard InChI is InChI=1S/C16H22ClN3O3.C9H6O2.CH4O/c1-18-5-2-3-14(16(22)23)20-15(21)12-7-10-4-6-19-9-11(10)8-13(12)17;10-6-7-1-2-8-3-4-11-9(8)5-7;1-2/h7-8,14,18-19H,2-6,9H2,1H3,(H,20,21)(H,22,23);1-6H;2H,1H3. The van der Waals surface area contributed by atoms with Crippen molar-refractivity contribution < 1.29 is 29.0 Å². The van der Waals surface area contributed by atoms with E-state index in [-0.39, 0.29) is 0 Å². The number of furan rings is 1. The van der Waals surface area contributed by atoms with E-state index in [9.17, 15) is 19.5 Å². The number of rotatable bonds is 8. The number of aldehydes is 1. The lowest BCUT2D eigenvalue weighted by atomic mass is 9.98. The number of fused-ring (bicyclic) bond motifs is 2. The molecule has 4 rings (SSSR count). The Kier molecular flexibility index (Phi) is 12.1. The first-order chi connectivity index (χ1) is 17.4. The first-order valence-electron chi connectivity index (χ1n) is 11.5. The highest BCUT2D eigenvalue weighted by atomic mass is 35.5. The van der Waals surface area contributed by atoms with Crippen LogP contribution in [0.3, 0.4) is 0 Å². The molecule has 0 aliphatic carbocycles. The zero-order valence-electron chi connectivity index (χ0n) is 20.3. The van der Waals surface area contributed by atoms with E-state index >= 15 is 0 Å². The maximum Gasteiger partial charge on any atom is 0.326 e. The number of aliphatic carboxylic acids is 1. The Hall–Kier alpha value is -3.24. The molecule has 9 nitrogen and oxygen atoms in total. The number of carbonyl (C=O) groups excluding carboxylic acids is 2. The summed E-state index contributed by atoms with van der Waals surface area (Å²) in [4.78, 5) is 34.0. The quantitative estimate of drug-likeness (QED) is 0.227. The fourth-order valence-electron chi connectivity index (χ4n) is 3.70. The Morgan fingerprint density at radius 3 is 2.67 bits per heavy atom. The van der Waals surface area contributed by atoms with Crippen LogP contribution in [0.1, 0.15) is 44.7 Å². The van der Waals surface area contributed by atoms with Crippen LogP contribution in [0, 0.1) is 0 Å². The van der Waals surface area contributed by atoms with Gasteiger partial charge in [0.1, 0.15) is 17.9 Å². The number of carbonyl (C=O) groups is 3. The molecular formula is C26H32ClN3O6. The van der Waals surface area contributed by atoms with E-state index in [4.69, 9.17) is 21.1 Å². The van der Waals surface area contributed by atoms with E-state index < -0.39 is 17.9 Å². The van der Waals surface area contributed by atoms with Gasteiger partial charge in [0.2, 0.25) is 0 Å². The number of aliphatic hydroxyl groups is 1. The van der Waals surface area contributed by atoms with Gasteiger partial charge in [-0.05, 0) is 74.8 Å². The highest BCUT2D eigenvalue weighted by Gasteiger charge is 2.23. The van der Waals surface area contributed by atoms with Crippen LogP contribution in [-0.2, 0) is 17.8 Å². The van der Waals surface area contributed by atoms with Crippen molar-refractivity contribution in [2.24, 2.45) is 0 Å². The number of halogens is 1. The normalized spacial score (nSPS) is 12.8. The first kappa shape index (κ1) is 29.0. The van der Waals surface area contributed by atoms with Crippen molar-refractivity contribution >= 4 is 40.7 Å². The molecular weight excluding hydrogens is 486 g/mol. The van der Waals surface area contributed by atoms with Crippen LogP contribution < -0.4 is 16.0 Å². The van der Waals surface area contributed by atoms with Crippen LogP contribution in [-0.4, -0.2) is 61.7 Å². The zero-order chi connectivity index (χ0) is 26.5. The van der Waals surface area contributed by atoms with E-state index in [1.807, 2.05) is 12.1 Å². The van der Waals surface area contributed by atoms with Gasteiger partial charge in [-0.1, -0.05) is 23.7 Å². The summed E-state index contributed by atoms with van der Waals surface area (Å²) < 4.78 is 5.10. The summed E-state index contributed by atoms with van der Waals surface area (Å²) in [5, 5.41) is 26.4. The van der Waals surface area contributed by atoms with Gasteiger partial charge in [0.15, 0.2) is 0 Å². The Balaban J connectivity index is 0.000000291. The summed E-state index contributed by atoms with van der Waals surface area (Å²) >= 11 is 6.20. The third-order valence-corrected chi connectivity index (χ3v) is 5.87. The Bertz CT molecular complexity index is 1160. The number of hydrogen-bond acceptors (Lipinski definition) is 7. The molecule has 1 aromatic heterocycles. The topological polar surface area (TPSA) is 141 Å². The lowest BCUT2D eigenvalue weighted by Crippen LogP contribution is -2.41. The largest absolute Gasteiger partial charge is 0.480 e. The van der Waals surface area contributed by atoms with Crippen molar-refractivity contribution in [3.05, 3.63) is 69.9 Å². The lowest BCUT2D eigenvalue weighted by Gasteiger charge is -2.20. The van der Waals surface area contributed by atoms with Crippen LogP contribution in [0.25, 0.3) is 11.0 Å². The van der Waals surface area contributed by atoms with Crippen molar-refractivity contribution in [1.29, 1.82) is 0 Å². The van der Waals surface area contributed by atoms with Crippen molar-refractivity contribution in [3.8, 4) is 0 Å². The monoisotopic (exact) mass is 517 g/mol. The molecule has 0 saturated heterocycles. The number of carboxylic acids is 1.